The highest BCUT2D eigenvalue weighted by Gasteiger charge is 2.16. The molecule has 0 bridgehead atoms. The maximum absolute atomic E-state index is 11.8. The molecular formula is C14H19N3O2S. The molecule has 1 saturated heterocycles. The van der Waals surface area contributed by atoms with Gasteiger partial charge in [-0.25, -0.2) is 13.4 Å². The minimum Gasteiger partial charge on any atom is -0.342 e. The van der Waals surface area contributed by atoms with Gasteiger partial charge in [-0.15, -0.1) is 0 Å². The normalized spacial score (nSPS) is 17.1. The van der Waals surface area contributed by atoms with Gasteiger partial charge in [-0.2, -0.15) is 0 Å². The number of sulfone groups is 1. The number of aromatic nitrogens is 2. The van der Waals surface area contributed by atoms with Crippen molar-refractivity contribution in [2.24, 2.45) is 0 Å². The number of rotatable bonds is 4. The SMILES string of the molecule is CS(=O)(=O)c1cccc2[nH]c(CCN3CCCC3)nc12. The largest absolute Gasteiger partial charge is 0.342 e. The average molecular weight is 293 g/mol. The van der Waals surface area contributed by atoms with Crippen molar-refractivity contribution in [3.05, 3.63) is 24.0 Å². The van der Waals surface area contributed by atoms with Crippen molar-refractivity contribution >= 4 is 20.9 Å². The number of aromatic amines is 1. The molecule has 0 aliphatic carbocycles. The Kier molecular flexibility index (Phi) is 3.52. The van der Waals surface area contributed by atoms with E-state index < -0.39 is 9.84 Å². The number of nitrogens with zero attached hydrogens (tertiary/aromatic N) is 2. The minimum atomic E-state index is -3.24. The molecule has 2 heterocycles. The second-order valence-electron chi connectivity index (χ2n) is 5.41. The molecular weight excluding hydrogens is 274 g/mol. The van der Waals surface area contributed by atoms with E-state index in [1.54, 1.807) is 12.1 Å². The number of likely N-dealkylation sites (tertiary alicyclic amines) is 1. The zero-order valence-corrected chi connectivity index (χ0v) is 12.4. The first-order chi connectivity index (χ1) is 9.54. The van der Waals surface area contributed by atoms with E-state index in [0.717, 1.165) is 37.4 Å². The van der Waals surface area contributed by atoms with Gasteiger partial charge in [0.15, 0.2) is 9.84 Å². The van der Waals surface area contributed by atoms with E-state index in [4.69, 9.17) is 0 Å². The predicted octanol–water partition coefficient (Wildman–Crippen LogP) is 1.60. The van der Waals surface area contributed by atoms with E-state index in [9.17, 15) is 8.42 Å². The van der Waals surface area contributed by atoms with Gasteiger partial charge in [0.1, 0.15) is 11.3 Å². The Morgan fingerprint density at radius 2 is 2.05 bits per heavy atom. The minimum absolute atomic E-state index is 0.304. The van der Waals surface area contributed by atoms with Crippen molar-refractivity contribution in [3.63, 3.8) is 0 Å². The smallest absolute Gasteiger partial charge is 0.177 e. The van der Waals surface area contributed by atoms with Crippen LogP contribution in [0.15, 0.2) is 23.1 Å². The van der Waals surface area contributed by atoms with Crippen molar-refractivity contribution in [2.75, 3.05) is 25.9 Å². The number of hydrogen-bond acceptors (Lipinski definition) is 4. The first-order valence-electron chi connectivity index (χ1n) is 6.94. The van der Waals surface area contributed by atoms with Crippen molar-refractivity contribution in [3.8, 4) is 0 Å². The molecule has 5 nitrogen and oxygen atoms in total. The molecule has 0 amide bonds. The summed E-state index contributed by atoms with van der Waals surface area (Å²) in [6, 6.07) is 5.24. The summed E-state index contributed by atoms with van der Waals surface area (Å²) in [5.41, 5.74) is 1.36. The van der Waals surface area contributed by atoms with Gasteiger partial charge in [-0.05, 0) is 38.1 Å². The molecule has 1 fully saturated rings. The van der Waals surface area contributed by atoms with Gasteiger partial charge in [0.25, 0.3) is 0 Å². The Hall–Kier alpha value is -1.40. The molecule has 1 aromatic heterocycles. The molecule has 3 rings (SSSR count). The van der Waals surface area contributed by atoms with Crippen LogP contribution in [0.5, 0.6) is 0 Å². The molecule has 108 valence electrons. The van der Waals surface area contributed by atoms with Crippen LogP contribution in [0, 0.1) is 0 Å². The van der Waals surface area contributed by atoms with Crippen LogP contribution in [-0.2, 0) is 16.3 Å². The van der Waals surface area contributed by atoms with Gasteiger partial charge >= 0.3 is 0 Å². The van der Waals surface area contributed by atoms with Crippen LogP contribution in [0.4, 0.5) is 0 Å². The Morgan fingerprint density at radius 3 is 2.75 bits per heavy atom. The van der Waals surface area contributed by atoms with Crippen LogP contribution in [0.25, 0.3) is 11.0 Å². The third-order valence-corrected chi connectivity index (χ3v) is 4.92. The molecule has 0 saturated carbocycles. The molecule has 1 aliphatic heterocycles. The summed E-state index contributed by atoms with van der Waals surface area (Å²) < 4.78 is 23.5. The third-order valence-electron chi connectivity index (χ3n) is 3.79. The molecule has 20 heavy (non-hydrogen) atoms. The lowest BCUT2D eigenvalue weighted by Gasteiger charge is -2.12. The quantitative estimate of drug-likeness (QED) is 0.930. The first-order valence-corrected chi connectivity index (χ1v) is 8.83. The van der Waals surface area contributed by atoms with E-state index in [0.29, 0.717) is 10.4 Å². The van der Waals surface area contributed by atoms with Crippen molar-refractivity contribution < 1.29 is 8.42 Å². The van der Waals surface area contributed by atoms with Crippen molar-refractivity contribution in [1.29, 1.82) is 0 Å². The summed E-state index contributed by atoms with van der Waals surface area (Å²) in [5, 5.41) is 0. The summed E-state index contributed by atoms with van der Waals surface area (Å²) in [6.07, 6.45) is 4.61. The molecule has 2 aromatic rings. The Balaban J connectivity index is 1.86. The number of benzene rings is 1. The van der Waals surface area contributed by atoms with Gasteiger partial charge in [0.05, 0.1) is 10.4 Å². The van der Waals surface area contributed by atoms with E-state index in [2.05, 4.69) is 14.9 Å². The maximum atomic E-state index is 11.8. The Bertz CT molecular complexity index is 715. The molecule has 0 radical (unpaired) electrons. The highest BCUT2D eigenvalue weighted by Crippen LogP contribution is 2.21. The standard InChI is InChI=1S/C14H19N3O2S/c1-20(18,19)12-6-4-5-11-14(12)16-13(15-11)7-10-17-8-2-3-9-17/h4-6H,2-3,7-10H2,1H3,(H,15,16). The van der Waals surface area contributed by atoms with Crippen LogP contribution < -0.4 is 0 Å². The van der Waals surface area contributed by atoms with Gasteiger partial charge in [-0.1, -0.05) is 6.07 Å². The van der Waals surface area contributed by atoms with Gasteiger partial charge < -0.3 is 9.88 Å². The fourth-order valence-electron chi connectivity index (χ4n) is 2.74. The lowest BCUT2D eigenvalue weighted by Crippen LogP contribution is -2.22. The van der Waals surface area contributed by atoms with Crippen LogP contribution >= 0.6 is 0 Å². The third kappa shape index (κ3) is 2.71. The van der Waals surface area contributed by atoms with E-state index in [-0.39, 0.29) is 0 Å². The number of fused-ring (bicyclic) bond motifs is 1. The lowest BCUT2D eigenvalue weighted by atomic mass is 10.3. The van der Waals surface area contributed by atoms with E-state index in [1.807, 2.05) is 6.07 Å². The summed E-state index contributed by atoms with van der Waals surface area (Å²) in [7, 11) is -3.24. The predicted molar refractivity (Wildman–Crippen MR) is 78.6 cm³/mol. The molecule has 6 heteroatoms. The molecule has 0 unspecified atom stereocenters. The second kappa shape index (κ2) is 5.18. The zero-order valence-electron chi connectivity index (χ0n) is 11.6. The van der Waals surface area contributed by atoms with E-state index >= 15 is 0 Å². The van der Waals surface area contributed by atoms with E-state index in [1.165, 1.54) is 19.1 Å². The number of imidazole rings is 1. The van der Waals surface area contributed by atoms with Gasteiger partial charge in [0, 0.05) is 19.2 Å². The average Bonchev–Trinajstić information content (AvgIpc) is 3.03. The number of para-hydroxylation sites is 1. The molecule has 1 N–H and O–H groups in total. The maximum Gasteiger partial charge on any atom is 0.177 e. The fraction of sp³-hybridized carbons (Fsp3) is 0.500. The van der Waals surface area contributed by atoms with Crippen LogP contribution in [0.3, 0.4) is 0 Å². The topological polar surface area (TPSA) is 66.1 Å². The summed E-state index contributed by atoms with van der Waals surface area (Å²) in [6.45, 7) is 3.30. The number of nitrogens with one attached hydrogen (secondary N) is 1. The molecule has 1 aromatic carbocycles. The van der Waals surface area contributed by atoms with Gasteiger partial charge in [0.2, 0.25) is 0 Å². The van der Waals surface area contributed by atoms with Crippen LogP contribution in [0.2, 0.25) is 0 Å². The highest BCUT2D eigenvalue weighted by molar-refractivity contribution is 7.91. The monoisotopic (exact) mass is 293 g/mol. The molecule has 1 aliphatic rings. The summed E-state index contributed by atoms with van der Waals surface area (Å²) >= 11 is 0. The zero-order chi connectivity index (χ0) is 14.2. The summed E-state index contributed by atoms with van der Waals surface area (Å²) in [5.74, 6) is 0.864. The fourth-order valence-corrected chi connectivity index (χ4v) is 3.58. The van der Waals surface area contributed by atoms with Crippen molar-refractivity contribution in [2.45, 2.75) is 24.2 Å². The summed E-state index contributed by atoms with van der Waals surface area (Å²) in [4.78, 5) is 10.4. The van der Waals surface area contributed by atoms with Crippen LogP contribution in [-0.4, -0.2) is 49.2 Å². The number of hydrogen-bond donors (Lipinski definition) is 1. The Morgan fingerprint density at radius 1 is 1.30 bits per heavy atom. The Labute approximate surface area is 118 Å². The lowest BCUT2D eigenvalue weighted by molar-refractivity contribution is 0.341. The first kappa shape index (κ1) is 13.6. The van der Waals surface area contributed by atoms with Gasteiger partial charge in [-0.3, -0.25) is 0 Å². The van der Waals surface area contributed by atoms with Crippen molar-refractivity contribution in [1.82, 2.24) is 14.9 Å². The highest BCUT2D eigenvalue weighted by atomic mass is 32.2. The number of H-pyrrole nitrogens is 1. The molecule has 0 spiro atoms. The van der Waals surface area contributed by atoms with Crippen LogP contribution in [0.1, 0.15) is 18.7 Å². The molecule has 0 atom stereocenters. The second-order valence-corrected chi connectivity index (χ2v) is 7.39.